The SMILES string of the molecule is COc1cccc(Oc2c(NS(=O)(=O)c3ccc(C(C)(C)C)cc3)cc(C(=O)Nc3ccccc3-c3ccccc3)cc2OCCO)c1. The molecule has 5 aromatic rings. The van der Waals surface area contributed by atoms with Gasteiger partial charge in [0.25, 0.3) is 15.9 Å². The number of aliphatic hydroxyl groups excluding tert-OH is 1. The molecule has 0 fully saturated rings. The Bertz CT molecular complexity index is 1990. The number of hydrogen-bond donors (Lipinski definition) is 3. The van der Waals surface area contributed by atoms with Crippen LogP contribution in [0.25, 0.3) is 11.1 Å². The monoisotopic (exact) mass is 666 g/mol. The number of carbonyl (C=O) groups is 1. The number of aliphatic hydroxyl groups is 1. The average molecular weight is 667 g/mol. The van der Waals surface area contributed by atoms with Crippen LogP contribution in [0.2, 0.25) is 0 Å². The summed E-state index contributed by atoms with van der Waals surface area (Å²) in [5.74, 6) is 0.353. The molecule has 0 aliphatic rings. The number of para-hydroxylation sites is 1. The third-order valence-corrected chi connectivity index (χ3v) is 8.84. The van der Waals surface area contributed by atoms with Crippen molar-refractivity contribution in [2.75, 3.05) is 30.4 Å². The average Bonchev–Trinajstić information content (AvgIpc) is 3.08. The Hall–Kier alpha value is -5.32. The second kappa shape index (κ2) is 14.6. The largest absolute Gasteiger partial charge is 0.497 e. The van der Waals surface area contributed by atoms with Gasteiger partial charge in [-0.3, -0.25) is 9.52 Å². The highest BCUT2D eigenvalue weighted by molar-refractivity contribution is 7.92. The van der Waals surface area contributed by atoms with Gasteiger partial charge in [0, 0.05) is 22.9 Å². The quantitative estimate of drug-likeness (QED) is 0.124. The van der Waals surface area contributed by atoms with Gasteiger partial charge in [-0.25, -0.2) is 8.42 Å². The smallest absolute Gasteiger partial charge is 0.262 e. The van der Waals surface area contributed by atoms with Crippen molar-refractivity contribution in [3.05, 3.63) is 126 Å². The summed E-state index contributed by atoms with van der Waals surface area (Å²) in [6.45, 7) is 5.65. The molecular weight excluding hydrogens is 628 g/mol. The maximum Gasteiger partial charge on any atom is 0.262 e. The predicted octanol–water partition coefficient (Wildman–Crippen LogP) is 7.88. The second-order valence-corrected chi connectivity index (χ2v) is 13.6. The number of amides is 1. The number of sulfonamides is 1. The van der Waals surface area contributed by atoms with Crippen molar-refractivity contribution in [2.24, 2.45) is 0 Å². The Balaban J connectivity index is 1.59. The van der Waals surface area contributed by atoms with Gasteiger partial charge in [0.05, 0.1) is 24.3 Å². The van der Waals surface area contributed by atoms with Crippen molar-refractivity contribution < 1.29 is 32.5 Å². The van der Waals surface area contributed by atoms with Gasteiger partial charge in [-0.2, -0.15) is 0 Å². The molecule has 9 nitrogen and oxygen atoms in total. The molecule has 0 aromatic heterocycles. The van der Waals surface area contributed by atoms with E-state index in [1.165, 1.54) is 31.4 Å². The molecule has 0 saturated heterocycles. The van der Waals surface area contributed by atoms with Gasteiger partial charge in [0.1, 0.15) is 18.1 Å². The first kappa shape index (κ1) is 34.0. The molecule has 10 heteroatoms. The maximum atomic E-state index is 13.8. The molecule has 0 aliphatic carbocycles. The number of rotatable bonds is 12. The van der Waals surface area contributed by atoms with E-state index in [4.69, 9.17) is 14.2 Å². The molecule has 0 atom stereocenters. The molecule has 0 spiro atoms. The third kappa shape index (κ3) is 8.14. The normalized spacial score (nSPS) is 11.4. The minimum atomic E-state index is -4.18. The third-order valence-electron chi connectivity index (χ3n) is 7.46. The molecule has 3 N–H and O–H groups in total. The zero-order valence-electron chi connectivity index (χ0n) is 27.2. The number of ether oxygens (including phenoxy) is 3. The first-order valence-corrected chi connectivity index (χ1v) is 16.8. The van der Waals surface area contributed by atoms with Crippen LogP contribution in [0.4, 0.5) is 11.4 Å². The Morgan fingerprint density at radius 2 is 1.48 bits per heavy atom. The van der Waals surface area contributed by atoms with Crippen LogP contribution in [-0.2, 0) is 15.4 Å². The number of anilines is 2. The van der Waals surface area contributed by atoms with Gasteiger partial charge < -0.3 is 24.6 Å². The molecule has 0 bridgehead atoms. The van der Waals surface area contributed by atoms with E-state index in [1.54, 1.807) is 42.5 Å². The van der Waals surface area contributed by atoms with Gasteiger partial charge >= 0.3 is 0 Å². The lowest BCUT2D eigenvalue weighted by atomic mass is 9.87. The summed E-state index contributed by atoms with van der Waals surface area (Å²) in [5, 5.41) is 12.6. The molecule has 0 saturated carbocycles. The molecule has 1 amide bonds. The summed E-state index contributed by atoms with van der Waals surface area (Å²) in [4.78, 5) is 13.9. The van der Waals surface area contributed by atoms with Crippen molar-refractivity contribution in [2.45, 2.75) is 31.1 Å². The lowest BCUT2D eigenvalue weighted by Crippen LogP contribution is -2.17. The zero-order chi connectivity index (χ0) is 34.3. The van der Waals surface area contributed by atoms with Crippen LogP contribution in [0.1, 0.15) is 36.7 Å². The van der Waals surface area contributed by atoms with Crippen molar-refractivity contribution in [1.29, 1.82) is 0 Å². The molecule has 248 valence electrons. The fourth-order valence-corrected chi connectivity index (χ4v) is 6.01. The lowest BCUT2D eigenvalue weighted by molar-refractivity contribution is 0.102. The van der Waals surface area contributed by atoms with Crippen molar-refractivity contribution >= 4 is 27.3 Å². The van der Waals surface area contributed by atoms with Crippen molar-refractivity contribution in [1.82, 2.24) is 0 Å². The summed E-state index contributed by atoms with van der Waals surface area (Å²) < 4.78 is 47.6. The van der Waals surface area contributed by atoms with E-state index in [9.17, 15) is 18.3 Å². The minimum absolute atomic E-state index is 0.00664. The van der Waals surface area contributed by atoms with Crippen LogP contribution in [0.15, 0.2) is 120 Å². The highest BCUT2D eigenvalue weighted by Crippen LogP contribution is 2.42. The first-order valence-electron chi connectivity index (χ1n) is 15.3. The van der Waals surface area contributed by atoms with Crippen LogP contribution in [0.3, 0.4) is 0 Å². The van der Waals surface area contributed by atoms with E-state index in [0.29, 0.717) is 17.2 Å². The highest BCUT2D eigenvalue weighted by Gasteiger charge is 2.24. The Morgan fingerprint density at radius 1 is 0.792 bits per heavy atom. The summed E-state index contributed by atoms with van der Waals surface area (Å²) in [5.41, 5.74) is 3.11. The zero-order valence-corrected chi connectivity index (χ0v) is 28.0. The highest BCUT2D eigenvalue weighted by atomic mass is 32.2. The fourth-order valence-electron chi connectivity index (χ4n) is 4.95. The van der Waals surface area contributed by atoms with Crippen LogP contribution in [0, 0.1) is 0 Å². The number of nitrogens with one attached hydrogen (secondary N) is 2. The van der Waals surface area contributed by atoms with Gasteiger partial charge in [-0.05, 0) is 59.0 Å². The standard InChI is InChI=1S/C38H38N2O7S/c1-38(2,3)28-17-19-31(20-18-28)48(43,44)40-34-23-27(37(42)39-33-16-9-8-15-32(33)26-11-6-5-7-12-26)24-35(46-22-21-41)36(34)47-30-14-10-13-29(25-30)45-4/h5-20,23-25,40-41H,21-22H2,1-4H3,(H,39,42). The van der Waals surface area contributed by atoms with E-state index in [-0.39, 0.29) is 46.3 Å². The van der Waals surface area contributed by atoms with E-state index in [2.05, 4.69) is 10.0 Å². The van der Waals surface area contributed by atoms with Crippen LogP contribution in [-0.4, -0.2) is 39.8 Å². The summed E-state index contributed by atoms with van der Waals surface area (Å²) >= 11 is 0. The van der Waals surface area contributed by atoms with Crippen LogP contribution >= 0.6 is 0 Å². The predicted molar refractivity (Wildman–Crippen MR) is 188 cm³/mol. The molecular formula is C38H38N2O7S. The number of benzene rings is 5. The maximum absolute atomic E-state index is 13.8. The van der Waals surface area contributed by atoms with Crippen molar-refractivity contribution in [3.63, 3.8) is 0 Å². The van der Waals surface area contributed by atoms with Gasteiger partial charge in [0.2, 0.25) is 0 Å². The minimum Gasteiger partial charge on any atom is -0.497 e. The van der Waals surface area contributed by atoms with Crippen LogP contribution < -0.4 is 24.2 Å². The molecule has 0 radical (unpaired) electrons. The second-order valence-electron chi connectivity index (χ2n) is 11.9. The molecule has 0 unspecified atom stereocenters. The number of carbonyl (C=O) groups excluding carboxylic acids is 1. The molecule has 5 aromatic carbocycles. The summed E-state index contributed by atoms with van der Waals surface area (Å²) in [6.07, 6.45) is 0. The van der Waals surface area contributed by atoms with Gasteiger partial charge in [-0.1, -0.05) is 87.5 Å². The Labute approximate surface area is 281 Å². The topological polar surface area (TPSA) is 123 Å². The molecule has 5 rings (SSSR count). The molecule has 0 heterocycles. The van der Waals surface area contributed by atoms with Crippen molar-refractivity contribution in [3.8, 4) is 34.1 Å². The summed E-state index contributed by atoms with van der Waals surface area (Å²) in [7, 11) is -2.66. The van der Waals surface area contributed by atoms with E-state index in [1.807, 2.05) is 69.3 Å². The van der Waals surface area contributed by atoms with Crippen LogP contribution in [0.5, 0.6) is 23.0 Å². The number of methoxy groups -OCH3 is 1. The summed E-state index contributed by atoms with van der Waals surface area (Å²) in [6, 6.07) is 33.2. The lowest BCUT2D eigenvalue weighted by Gasteiger charge is -2.21. The molecule has 48 heavy (non-hydrogen) atoms. The van der Waals surface area contributed by atoms with Gasteiger partial charge in [-0.15, -0.1) is 0 Å². The first-order chi connectivity index (χ1) is 23.0. The number of hydrogen-bond acceptors (Lipinski definition) is 7. The van der Waals surface area contributed by atoms with E-state index < -0.39 is 15.9 Å². The van der Waals surface area contributed by atoms with Gasteiger partial charge in [0.15, 0.2) is 11.5 Å². The Morgan fingerprint density at radius 3 is 2.17 bits per heavy atom. The Kier molecular flexibility index (Phi) is 10.4. The molecule has 0 aliphatic heterocycles. The van der Waals surface area contributed by atoms with E-state index >= 15 is 0 Å². The van der Waals surface area contributed by atoms with E-state index in [0.717, 1.165) is 16.7 Å². The fraction of sp³-hybridized carbons (Fsp3) is 0.184.